The first-order chi connectivity index (χ1) is 10.6. The number of hydrogen-bond donors (Lipinski definition) is 1. The molecular weight excluding hydrogens is 310 g/mol. The number of thiophene rings is 1. The van der Waals surface area contributed by atoms with Crippen molar-refractivity contribution in [2.75, 3.05) is 40.3 Å². The minimum Gasteiger partial charge on any atom is -0.308 e. The van der Waals surface area contributed by atoms with Gasteiger partial charge >= 0.3 is 0 Å². The largest absolute Gasteiger partial charge is 0.308 e. The van der Waals surface area contributed by atoms with E-state index in [-0.39, 0.29) is 0 Å². The Morgan fingerprint density at radius 3 is 2.82 bits per heavy atom. The van der Waals surface area contributed by atoms with Gasteiger partial charge in [0.25, 0.3) is 0 Å². The predicted molar refractivity (Wildman–Crippen MR) is 98.1 cm³/mol. The summed E-state index contributed by atoms with van der Waals surface area (Å²) in [5.74, 6) is 0. The second kappa shape index (κ2) is 7.67. The molecule has 124 valence electrons. The van der Waals surface area contributed by atoms with Crippen LogP contribution in [0, 0.1) is 0 Å². The number of nitrogens with zero attached hydrogens (tertiary/aromatic N) is 2. The lowest BCUT2D eigenvalue weighted by Crippen LogP contribution is -2.45. The fraction of sp³-hybridized carbons (Fsp3) is 0.765. The van der Waals surface area contributed by atoms with Crippen LogP contribution in [0.2, 0.25) is 0 Å². The number of nitrogens with one attached hydrogen (secondary N) is 1. The van der Waals surface area contributed by atoms with Crippen LogP contribution in [0.25, 0.3) is 0 Å². The number of rotatable bonds is 5. The summed E-state index contributed by atoms with van der Waals surface area (Å²) in [6.07, 6.45) is 3.87. The van der Waals surface area contributed by atoms with E-state index in [9.17, 15) is 0 Å². The van der Waals surface area contributed by atoms with Crippen LogP contribution >= 0.6 is 23.1 Å². The van der Waals surface area contributed by atoms with E-state index in [1.807, 2.05) is 11.3 Å². The Morgan fingerprint density at radius 1 is 1.32 bits per heavy atom. The summed E-state index contributed by atoms with van der Waals surface area (Å²) in [4.78, 5) is 4.90. The van der Waals surface area contributed by atoms with Crippen molar-refractivity contribution >= 4 is 23.1 Å². The molecule has 2 aliphatic heterocycles. The molecule has 3 heterocycles. The molecule has 3 rings (SSSR count). The average molecular weight is 340 g/mol. The third-order valence-corrected chi connectivity index (χ3v) is 7.14. The topological polar surface area (TPSA) is 18.5 Å². The van der Waals surface area contributed by atoms with Gasteiger partial charge < -0.3 is 15.1 Å². The molecule has 0 bridgehead atoms. The van der Waals surface area contributed by atoms with Gasteiger partial charge in [0.05, 0.1) is 4.21 Å². The van der Waals surface area contributed by atoms with Crippen molar-refractivity contribution < 1.29 is 0 Å². The highest BCUT2D eigenvalue weighted by Gasteiger charge is 2.29. The molecule has 0 spiro atoms. The molecule has 0 radical (unpaired) electrons. The van der Waals surface area contributed by atoms with Crippen LogP contribution < -0.4 is 5.32 Å². The zero-order valence-electron chi connectivity index (χ0n) is 14.0. The van der Waals surface area contributed by atoms with E-state index in [1.54, 1.807) is 9.77 Å². The lowest BCUT2D eigenvalue weighted by molar-refractivity contribution is 0.175. The minimum atomic E-state index is 0.579. The maximum absolute atomic E-state index is 3.97. The number of hydrogen-bond acceptors (Lipinski definition) is 5. The van der Waals surface area contributed by atoms with E-state index < -0.39 is 0 Å². The van der Waals surface area contributed by atoms with Crippen molar-refractivity contribution in [3.63, 3.8) is 0 Å². The zero-order valence-corrected chi connectivity index (χ0v) is 15.7. The second-order valence-electron chi connectivity index (χ2n) is 6.97. The highest BCUT2D eigenvalue weighted by molar-refractivity contribution is 8.01. The minimum absolute atomic E-state index is 0.579. The third kappa shape index (κ3) is 4.26. The van der Waals surface area contributed by atoms with E-state index in [0.29, 0.717) is 12.1 Å². The van der Waals surface area contributed by atoms with Crippen LogP contribution in [0.4, 0.5) is 0 Å². The van der Waals surface area contributed by atoms with Crippen LogP contribution in [0.5, 0.6) is 0 Å². The van der Waals surface area contributed by atoms with Crippen molar-refractivity contribution in [1.29, 1.82) is 0 Å². The molecule has 0 aromatic carbocycles. The smallest absolute Gasteiger partial charge is 0.0649 e. The number of fused-ring (bicyclic) bond motifs is 1. The van der Waals surface area contributed by atoms with Gasteiger partial charge in [-0.2, -0.15) is 0 Å². The van der Waals surface area contributed by atoms with Crippen molar-refractivity contribution in [2.45, 2.75) is 47.7 Å². The van der Waals surface area contributed by atoms with Crippen molar-refractivity contribution in [3.8, 4) is 0 Å². The van der Waals surface area contributed by atoms with Gasteiger partial charge in [0.15, 0.2) is 0 Å². The Bertz CT molecular complexity index is 466. The summed E-state index contributed by atoms with van der Waals surface area (Å²) >= 11 is 3.97. The molecule has 0 aliphatic carbocycles. The first-order valence-electron chi connectivity index (χ1n) is 8.49. The molecule has 2 atom stereocenters. The Hall–Kier alpha value is -0.0700. The van der Waals surface area contributed by atoms with Gasteiger partial charge in [0, 0.05) is 30.4 Å². The Morgan fingerprint density at radius 2 is 2.09 bits per heavy atom. The van der Waals surface area contributed by atoms with Gasteiger partial charge in [0.1, 0.15) is 0 Å². The quantitative estimate of drug-likeness (QED) is 0.887. The Balaban J connectivity index is 1.49. The second-order valence-corrected chi connectivity index (χ2v) is 9.59. The Kier molecular flexibility index (Phi) is 5.85. The fourth-order valence-electron chi connectivity index (χ4n) is 3.46. The molecule has 1 aromatic rings. The molecule has 1 aromatic heterocycles. The van der Waals surface area contributed by atoms with Crippen LogP contribution in [0.1, 0.15) is 37.8 Å². The van der Waals surface area contributed by atoms with Crippen LogP contribution in [0.15, 0.2) is 15.7 Å². The molecule has 1 unspecified atom stereocenters. The molecule has 0 amide bonds. The maximum Gasteiger partial charge on any atom is 0.0649 e. The van der Waals surface area contributed by atoms with Gasteiger partial charge in [-0.1, -0.05) is 6.92 Å². The summed E-state index contributed by atoms with van der Waals surface area (Å²) in [5.41, 5.74) is 1.56. The number of likely N-dealkylation sites (N-methyl/N-ethyl adjacent to an activating group) is 1. The summed E-state index contributed by atoms with van der Waals surface area (Å²) in [6.45, 7) is 7.25. The highest BCUT2D eigenvalue weighted by atomic mass is 32.2. The molecule has 1 N–H and O–H groups in total. The molecular formula is C17H29N3S2. The maximum atomic E-state index is 3.97. The van der Waals surface area contributed by atoms with Crippen LogP contribution in [-0.2, 0) is 0 Å². The molecule has 2 aliphatic rings. The highest BCUT2D eigenvalue weighted by Crippen LogP contribution is 2.44. The summed E-state index contributed by atoms with van der Waals surface area (Å²) in [7, 11) is 4.32. The van der Waals surface area contributed by atoms with E-state index >= 15 is 0 Å². The summed E-state index contributed by atoms with van der Waals surface area (Å²) in [6, 6.07) is 3.61. The van der Waals surface area contributed by atoms with Gasteiger partial charge in [-0.25, -0.2) is 0 Å². The number of likely N-dealkylation sites (tertiary alicyclic amines) is 1. The predicted octanol–water partition coefficient (Wildman–Crippen LogP) is 3.29. The van der Waals surface area contributed by atoms with Crippen molar-refractivity contribution in [3.05, 3.63) is 17.0 Å². The van der Waals surface area contributed by atoms with Crippen molar-refractivity contribution in [2.24, 2.45) is 0 Å². The summed E-state index contributed by atoms with van der Waals surface area (Å²) < 4.78 is 1.54. The van der Waals surface area contributed by atoms with Crippen LogP contribution in [0.3, 0.4) is 0 Å². The zero-order chi connectivity index (χ0) is 15.5. The van der Waals surface area contributed by atoms with E-state index in [2.05, 4.69) is 59.3 Å². The first kappa shape index (κ1) is 16.8. The lowest BCUT2D eigenvalue weighted by Gasteiger charge is -2.36. The van der Waals surface area contributed by atoms with E-state index in [0.717, 1.165) is 5.25 Å². The average Bonchev–Trinajstić information content (AvgIpc) is 2.94. The fourth-order valence-corrected chi connectivity index (χ4v) is 6.02. The third-order valence-electron chi connectivity index (χ3n) is 4.80. The molecule has 1 saturated heterocycles. The van der Waals surface area contributed by atoms with E-state index in [4.69, 9.17) is 0 Å². The van der Waals surface area contributed by atoms with Gasteiger partial charge in [-0.15, -0.1) is 23.1 Å². The van der Waals surface area contributed by atoms with Gasteiger partial charge in [0.2, 0.25) is 0 Å². The molecule has 0 saturated carbocycles. The van der Waals surface area contributed by atoms with Crippen molar-refractivity contribution in [1.82, 2.24) is 15.1 Å². The van der Waals surface area contributed by atoms with Gasteiger partial charge in [-0.3, -0.25) is 0 Å². The molecule has 22 heavy (non-hydrogen) atoms. The summed E-state index contributed by atoms with van der Waals surface area (Å²) in [5, 5.41) is 6.97. The standard InChI is InChI=1S/C17H29N3S2/c1-13-12-16(15-6-11-21-17(15)22-13)18-14-4-7-20(8-5-14)10-9-19(2)3/h6,11,13-14,16,18H,4-5,7-10,12H2,1-3H3/t13-,16?/m0/s1. The number of piperidine rings is 1. The normalized spacial score (nSPS) is 27.3. The van der Waals surface area contributed by atoms with E-state index in [1.165, 1.54) is 45.4 Å². The molecule has 5 heteroatoms. The molecule has 3 nitrogen and oxygen atoms in total. The van der Waals surface area contributed by atoms with Crippen LogP contribution in [-0.4, -0.2) is 61.4 Å². The molecule has 1 fully saturated rings. The first-order valence-corrected chi connectivity index (χ1v) is 10.2. The lowest BCUT2D eigenvalue weighted by atomic mass is 9.99. The Labute approximate surface area is 143 Å². The SMILES string of the molecule is C[C@H]1CC(NC2CCN(CCN(C)C)CC2)c2ccsc2S1. The number of thioether (sulfide) groups is 1. The van der Waals surface area contributed by atoms with Gasteiger partial charge in [-0.05, 0) is 63.5 Å². The monoisotopic (exact) mass is 339 g/mol.